The van der Waals surface area contributed by atoms with Crippen molar-refractivity contribution in [2.75, 3.05) is 6.54 Å². The number of hydrogen-bond donors (Lipinski definition) is 1. The number of amides is 1. The van der Waals surface area contributed by atoms with Gasteiger partial charge in [0.25, 0.3) is 5.91 Å². The van der Waals surface area contributed by atoms with E-state index in [2.05, 4.69) is 27.3 Å². The zero-order chi connectivity index (χ0) is 22.2. The molecule has 164 valence electrons. The van der Waals surface area contributed by atoms with Crippen LogP contribution in [0, 0.1) is 6.92 Å². The quantitative estimate of drug-likeness (QED) is 0.670. The van der Waals surface area contributed by atoms with E-state index >= 15 is 0 Å². The van der Waals surface area contributed by atoms with Crippen molar-refractivity contribution in [1.82, 2.24) is 30.1 Å². The van der Waals surface area contributed by atoms with Gasteiger partial charge < -0.3 is 14.4 Å². The van der Waals surface area contributed by atoms with Gasteiger partial charge in [0, 0.05) is 12.6 Å². The predicted octanol–water partition coefficient (Wildman–Crippen LogP) is 2.98. The van der Waals surface area contributed by atoms with Crippen LogP contribution in [0.4, 0.5) is 0 Å². The number of tetrazole rings is 1. The molecule has 0 saturated carbocycles. The second kappa shape index (κ2) is 8.22. The van der Waals surface area contributed by atoms with Crippen molar-refractivity contribution in [1.29, 1.82) is 0 Å². The van der Waals surface area contributed by atoms with Gasteiger partial charge in [-0.1, -0.05) is 19.1 Å². The van der Waals surface area contributed by atoms with Crippen molar-refractivity contribution in [2.24, 2.45) is 0 Å². The van der Waals surface area contributed by atoms with Gasteiger partial charge in [-0.05, 0) is 57.4 Å². The highest BCUT2D eigenvalue weighted by molar-refractivity contribution is 5.98. The molecule has 3 atom stereocenters. The van der Waals surface area contributed by atoms with Gasteiger partial charge >= 0.3 is 0 Å². The van der Waals surface area contributed by atoms with E-state index in [-0.39, 0.29) is 17.9 Å². The van der Waals surface area contributed by atoms with Crippen LogP contribution in [0.2, 0.25) is 0 Å². The average molecular weight is 425 g/mol. The van der Waals surface area contributed by atoms with Gasteiger partial charge in [-0.15, -0.1) is 15.0 Å². The minimum Gasteiger partial charge on any atom is -0.445 e. The number of carbonyl (C=O) groups excluding carboxylic acids is 1. The maximum Gasteiger partial charge on any atom is 0.256 e. The van der Waals surface area contributed by atoms with E-state index in [1.54, 1.807) is 19.1 Å². The van der Waals surface area contributed by atoms with E-state index in [1.165, 1.54) is 11.1 Å². The lowest BCUT2D eigenvalue weighted by Gasteiger charge is -2.37. The van der Waals surface area contributed by atoms with Crippen molar-refractivity contribution in [3.63, 3.8) is 0 Å². The monoisotopic (exact) mass is 424 g/mol. The van der Waals surface area contributed by atoms with E-state index < -0.39 is 5.60 Å². The number of para-hydroxylation sites is 1. The van der Waals surface area contributed by atoms with Crippen LogP contribution >= 0.6 is 0 Å². The molecule has 0 aliphatic carbocycles. The number of carbonyl (C=O) groups is 1. The molecule has 1 aliphatic heterocycles. The molecule has 1 fully saturated rings. The minimum absolute atomic E-state index is 0.0306. The first kappa shape index (κ1) is 21.2. The lowest BCUT2D eigenvalue weighted by Crippen LogP contribution is -2.45. The van der Waals surface area contributed by atoms with Crippen LogP contribution in [0.25, 0.3) is 5.69 Å². The van der Waals surface area contributed by atoms with Crippen molar-refractivity contribution < 1.29 is 14.3 Å². The first-order valence-corrected chi connectivity index (χ1v) is 10.7. The topological polar surface area (TPSA) is 110 Å². The Labute approximate surface area is 181 Å². The molecule has 1 aromatic carbocycles. The fraction of sp³-hybridized carbons (Fsp3) is 0.500. The lowest BCUT2D eigenvalue weighted by molar-refractivity contribution is 0.0473. The van der Waals surface area contributed by atoms with E-state index in [0.717, 1.165) is 12.8 Å². The summed E-state index contributed by atoms with van der Waals surface area (Å²) in [5.41, 5.74) is 0.649. The molecule has 1 amide bonds. The third-order valence-corrected chi connectivity index (χ3v) is 6.20. The molecule has 2 aromatic heterocycles. The highest BCUT2D eigenvalue weighted by atomic mass is 16.4. The van der Waals surface area contributed by atoms with Crippen LogP contribution in [-0.2, 0) is 5.60 Å². The van der Waals surface area contributed by atoms with Gasteiger partial charge in [-0.3, -0.25) is 4.79 Å². The summed E-state index contributed by atoms with van der Waals surface area (Å²) in [7, 11) is 0. The standard InChI is InChI=1S/C22H28N6O3/c1-5-22(4,30)19-15(3)31-20(25-19)16-11-10-14(2)27(12-16)21(29)17-8-6-7-9-18(17)28-24-13-23-26-28/h6-9,13-14,16,30H,5,10-12H2,1-4H3/t14-,16?,22-/m1/s1. The van der Waals surface area contributed by atoms with Gasteiger partial charge in [0.05, 0.1) is 11.5 Å². The van der Waals surface area contributed by atoms with Crippen LogP contribution in [0.1, 0.15) is 73.7 Å². The minimum atomic E-state index is -1.03. The number of nitrogens with zero attached hydrogens (tertiary/aromatic N) is 6. The molecule has 0 spiro atoms. The first-order chi connectivity index (χ1) is 14.8. The molecule has 0 bridgehead atoms. The number of piperidine rings is 1. The second-order valence-corrected chi connectivity index (χ2v) is 8.41. The zero-order valence-corrected chi connectivity index (χ0v) is 18.3. The van der Waals surface area contributed by atoms with E-state index in [1.807, 2.05) is 30.9 Å². The molecular weight excluding hydrogens is 396 g/mol. The normalized spacial score (nSPS) is 21.1. The summed E-state index contributed by atoms with van der Waals surface area (Å²) < 4.78 is 5.95. The number of aromatic nitrogens is 5. The van der Waals surface area contributed by atoms with Crippen molar-refractivity contribution in [2.45, 2.75) is 64.5 Å². The Balaban J connectivity index is 1.61. The molecule has 1 unspecified atom stereocenters. The molecule has 4 rings (SSSR count). The Morgan fingerprint density at radius 3 is 2.81 bits per heavy atom. The van der Waals surface area contributed by atoms with Gasteiger partial charge in [-0.25, -0.2) is 4.98 Å². The summed E-state index contributed by atoms with van der Waals surface area (Å²) in [5, 5.41) is 22.4. The number of aryl methyl sites for hydroxylation is 1. The largest absolute Gasteiger partial charge is 0.445 e. The summed E-state index contributed by atoms with van der Waals surface area (Å²) in [4.78, 5) is 21.4. The maximum absolute atomic E-state index is 13.5. The van der Waals surface area contributed by atoms with E-state index in [9.17, 15) is 9.90 Å². The summed E-state index contributed by atoms with van der Waals surface area (Å²) in [5.74, 6) is 1.09. The van der Waals surface area contributed by atoms with Crippen molar-refractivity contribution in [3.05, 3.63) is 53.5 Å². The Kier molecular flexibility index (Phi) is 5.62. The Hall–Kier alpha value is -3.07. The van der Waals surface area contributed by atoms with Crippen LogP contribution in [0.15, 0.2) is 35.0 Å². The molecule has 3 aromatic rings. The highest BCUT2D eigenvalue weighted by Crippen LogP contribution is 2.34. The third kappa shape index (κ3) is 3.97. The number of oxazole rings is 1. The van der Waals surface area contributed by atoms with E-state index in [4.69, 9.17) is 4.42 Å². The fourth-order valence-electron chi connectivity index (χ4n) is 4.11. The molecule has 0 radical (unpaired) electrons. The molecule has 31 heavy (non-hydrogen) atoms. The zero-order valence-electron chi connectivity index (χ0n) is 18.3. The van der Waals surface area contributed by atoms with Crippen LogP contribution in [0.5, 0.6) is 0 Å². The average Bonchev–Trinajstić information content (AvgIpc) is 3.44. The molecule has 9 nitrogen and oxygen atoms in total. The highest BCUT2D eigenvalue weighted by Gasteiger charge is 2.36. The molecule has 1 N–H and O–H groups in total. The van der Waals surface area contributed by atoms with Crippen LogP contribution in [0.3, 0.4) is 0 Å². The van der Waals surface area contributed by atoms with Crippen molar-refractivity contribution >= 4 is 5.91 Å². The number of likely N-dealkylation sites (tertiary alicyclic amines) is 1. The number of rotatable bonds is 5. The van der Waals surface area contributed by atoms with Crippen molar-refractivity contribution in [3.8, 4) is 5.69 Å². The summed E-state index contributed by atoms with van der Waals surface area (Å²) in [6, 6.07) is 7.33. The summed E-state index contributed by atoms with van der Waals surface area (Å²) in [6.45, 7) is 8.03. The van der Waals surface area contributed by atoms with Gasteiger partial charge in [-0.2, -0.15) is 0 Å². The number of aliphatic hydroxyl groups is 1. The van der Waals surface area contributed by atoms with E-state index in [0.29, 0.717) is 41.6 Å². The van der Waals surface area contributed by atoms with Gasteiger partial charge in [0.15, 0.2) is 12.2 Å². The molecular formula is C22H28N6O3. The third-order valence-electron chi connectivity index (χ3n) is 6.20. The smallest absolute Gasteiger partial charge is 0.256 e. The predicted molar refractivity (Wildman–Crippen MR) is 113 cm³/mol. The Morgan fingerprint density at radius 1 is 1.32 bits per heavy atom. The van der Waals surface area contributed by atoms with Gasteiger partial charge in [0.1, 0.15) is 22.7 Å². The molecule has 3 heterocycles. The SMILES string of the molecule is CC[C@@](C)(O)c1nc(C2CC[C@@H](C)N(C(=O)c3ccccc3-n3ncnn3)C2)oc1C. The number of benzene rings is 1. The lowest BCUT2D eigenvalue weighted by atomic mass is 9.92. The molecule has 1 saturated heterocycles. The fourth-order valence-corrected chi connectivity index (χ4v) is 4.11. The van der Waals surface area contributed by atoms with Gasteiger partial charge in [0.2, 0.25) is 0 Å². The summed E-state index contributed by atoms with van der Waals surface area (Å²) >= 11 is 0. The Bertz CT molecular complexity index is 1060. The number of hydrogen-bond acceptors (Lipinski definition) is 7. The first-order valence-electron chi connectivity index (χ1n) is 10.7. The van der Waals surface area contributed by atoms with Crippen LogP contribution < -0.4 is 0 Å². The summed E-state index contributed by atoms with van der Waals surface area (Å²) in [6.07, 6.45) is 3.58. The second-order valence-electron chi connectivity index (χ2n) is 8.41. The Morgan fingerprint density at radius 2 is 2.10 bits per heavy atom. The maximum atomic E-state index is 13.5. The molecule has 1 aliphatic rings. The molecule has 9 heteroatoms. The van der Waals surface area contributed by atoms with Crippen LogP contribution in [-0.4, -0.2) is 53.7 Å².